The number of hydrogen-bond donors (Lipinski definition) is 2. The summed E-state index contributed by atoms with van der Waals surface area (Å²) < 4.78 is 6.25. The van der Waals surface area contributed by atoms with Crippen LogP contribution in [0.15, 0.2) is 84.5 Å². The molecule has 2 aromatic carbocycles. The minimum absolute atomic E-state index is 0.559. The zero-order chi connectivity index (χ0) is 26.2. The van der Waals surface area contributed by atoms with E-state index < -0.39 is 0 Å². The number of anilines is 3. The van der Waals surface area contributed by atoms with Crippen molar-refractivity contribution in [1.82, 2.24) is 25.1 Å². The molecule has 0 saturated heterocycles. The lowest BCUT2D eigenvalue weighted by molar-refractivity contribution is 0.465. The minimum atomic E-state index is 0.559. The van der Waals surface area contributed by atoms with Crippen molar-refractivity contribution in [3.8, 4) is 33.5 Å². The van der Waals surface area contributed by atoms with Crippen molar-refractivity contribution in [2.45, 2.75) is 13.3 Å². The molecule has 0 spiro atoms. The maximum atomic E-state index is 6.25. The van der Waals surface area contributed by atoms with Crippen molar-refractivity contribution in [3.63, 3.8) is 0 Å². The second-order valence-electron chi connectivity index (χ2n) is 9.21. The lowest BCUT2D eigenvalue weighted by Gasteiger charge is -2.13. The van der Waals surface area contributed by atoms with Crippen LogP contribution >= 0.6 is 11.3 Å². The molecule has 7 rings (SSSR count). The first-order chi connectivity index (χ1) is 19.2. The average Bonchev–Trinajstić information content (AvgIpc) is 3.64. The molecular weight excluding hydrogens is 506 g/mol. The number of aromatic nitrogens is 5. The van der Waals surface area contributed by atoms with E-state index in [2.05, 4.69) is 41.8 Å². The van der Waals surface area contributed by atoms with Gasteiger partial charge < -0.3 is 15.4 Å². The summed E-state index contributed by atoms with van der Waals surface area (Å²) in [5, 5.41) is 20.6. The van der Waals surface area contributed by atoms with Crippen LogP contribution in [-0.2, 0) is 6.42 Å². The molecule has 1 aliphatic rings. The molecule has 190 valence electrons. The van der Waals surface area contributed by atoms with Gasteiger partial charge in [-0.1, -0.05) is 24.3 Å². The maximum absolute atomic E-state index is 6.25. The molecule has 39 heavy (non-hydrogen) atoms. The number of rotatable bonds is 6. The standard InChI is InChI=1S/C30H23N7OS/c1-18-17-39-30(34-18)26-22-5-2-3-6-23(22)28(37-36-26)35-19-8-10-20(11-9-19)38-29-25(7-4-14-33-29)21-12-15-31-27-24(21)13-16-32-27/h2-12,14-15,17H,13,16H2,1H3,(H,31,32)(H,35,37). The summed E-state index contributed by atoms with van der Waals surface area (Å²) in [6, 6.07) is 21.8. The van der Waals surface area contributed by atoms with Crippen LogP contribution in [0.4, 0.5) is 17.3 Å². The molecular formula is C30H23N7OS. The molecule has 1 aliphatic heterocycles. The van der Waals surface area contributed by atoms with Crippen LogP contribution in [-0.4, -0.2) is 31.7 Å². The summed E-state index contributed by atoms with van der Waals surface area (Å²) in [5.74, 6) is 2.87. The predicted octanol–water partition coefficient (Wildman–Crippen LogP) is 7.02. The van der Waals surface area contributed by atoms with E-state index in [0.717, 1.165) is 62.8 Å². The molecule has 4 aromatic heterocycles. The lowest BCUT2D eigenvalue weighted by Crippen LogP contribution is -1.99. The third-order valence-electron chi connectivity index (χ3n) is 6.63. The van der Waals surface area contributed by atoms with Gasteiger partial charge in [-0.05, 0) is 61.4 Å². The van der Waals surface area contributed by atoms with Crippen LogP contribution in [0.3, 0.4) is 0 Å². The average molecular weight is 530 g/mol. The van der Waals surface area contributed by atoms with Gasteiger partial charge in [-0.2, -0.15) is 0 Å². The maximum Gasteiger partial charge on any atom is 0.227 e. The first-order valence-electron chi connectivity index (χ1n) is 12.6. The van der Waals surface area contributed by atoms with Crippen LogP contribution in [0, 0.1) is 6.92 Å². The van der Waals surface area contributed by atoms with Gasteiger partial charge in [0.05, 0.1) is 0 Å². The van der Waals surface area contributed by atoms with E-state index in [0.29, 0.717) is 17.4 Å². The zero-order valence-corrected chi connectivity index (χ0v) is 21.9. The van der Waals surface area contributed by atoms with E-state index in [4.69, 9.17) is 4.74 Å². The highest BCUT2D eigenvalue weighted by molar-refractivity contribution is 7.13. The molecule has 6 aromatic rings. The Hall–Kier alpha value is -4.89. The molecule has 9 heteroatoms. The van der Waals surface area contributed by atoms with Crippen molar-refractivity contribution in [2.75, 3.05) is 17.2 Å². The third-order valence-corrected chi connectivity index (χ3v) is 7.59. The van der Waals surface area contributed by atoms with Crippen molar-refractivity contribution >= 4 is 39.4 Å². The minimum Gasteiger partial charge on any atom is -0.438 e. The van der Waals surface area contributed by atoms with E-state index in [1.165, 1.54) is 5.56 Å². The fourth-order valence-corrected chi connectivity index (χ4v) is 5.60. The molecule has 0 unspecified atom stereocenters. The molecule has 0 aliphatic carbocycles. The van der Waals surface area contributed by atoms with Gasteiger partial charge in [0.25, 0.3) is 0 Å². The summed E-state index contributed by atoms with van der Waals surface area (Å²) in [7, 11) is 0. The second kappa shape index (κ2) is 9.77. The summed E-state index contributed by atoms with van der Waals surface area (Å²) in [6.45, 7) is 2.87. The number of nitrogens with one attached hydrogen (secondary N) is 2. The number of nitrogens with zero attached hydrogens (tertiary/aromatic N) is 5. The molecule has 8 nitrogen and oxygen atoms in total. The van der Waals surface area contributed by atoms with Gasteiger partial charge in [0, 0.05) is 57.6 Å². The normalized spacial score (nSPS) is 12.2. The zero-order valence-electron chi connectivity index (χ0n) is 21.0. The van der Waals surface area contributed by atoms with Gasteiger partial charge in [-0.25, -0.2) is 15.0 Å². The topological polar surface area (TPSA) is 97.7 Å². The number of pyridine rings is 2. The van der Waals surface area contributed by atoms with Gasteiger partial charge in [0.1, 0.15) is 22.3 Å². The van der Waals surface area contributed by atoms with E-state index >= 15 is 0 Å². The van der Waals surface area contributed by atoms with E-state index in [9.17, 15) is 0 Å². The Labute approximate surface area is 228 Å². The second-order valence-corrected chi connectivity index (χ2v) is 10.1. The Bertz CT molecular complexity index is 1820. The van der Waals surface area contributed by atoms with Gasteiger partial charge in [0.15, 0.2) is 5.82 Å². The number of hydrogen-bond acceptors (Lipinski definition) is 9. The molecule has 2 N–H and O–H groups in total. The lowest BCUT2D eigenvalue weighted by atomic mass is 10.0. The Morgan fingerprint density at radius 2 is 1.74 bits per heavy atom. The number of benzene rings is 2. The van der Waals surface area contributed by atoms with Crippen LogP contribution < -0.4 is 15.4 Å². The van der Waals surface area contributed by atoms with Crippen molar-refractivity contribution in [2.24, 2.45) is 0 Å². The number of fused-ring (bicyclic) bond motifs is 2. The van der Waals surface area contributed by atoms with Crippen molar-refractivity contribution < 1.29 is 4.74 Å². The van der Waals surface area contributed by atoms with E-state index in [1.54, 1.807) is 17.5 Å². The first kappa shape index (κ1) is 23.2. The Morgan fingerprint density at radius 1 is 0.872 bits per heavy atom. The number of aryl methyl sites for hydroxylation is 1. The SMILES string of the molecule is Cc1csc(-c2nnc(Nc3ccc(Oc4ncccc4-c4ccnc5c4CCN5)cc3)c3ccccc23)n1. The Balaban J connectivity index is 1.15. The monoisotopic (exact) mass is 529 g/mol. The summed E-state index contributed by atoms with van der Waals surface area (Å²) >= 11 is 1.58. The molecule has 0 bridgehead atoms. The smallest absolute Gasteiger partial charge is 0.227 e. The van der Waals surface area contributed by atoms with Crippen LogP contribution in [0.1, 0.15) is 11.3 Å². The van der Waals surface area contributed by atoms with Gasteiger partial charge >= 0.3 is 0 Å². The first-order valence-corrected chi connectivity index (χ1v) is 13.5. The van der Waals surface area contributed by atoms with Crippen LogP contribution in [0.25, 0.3) is 32.6 Å². The fraction of sp³-hybridized carbons (Fsp3) is 0.100. The summed E-state index contributed by atoms with van der Waals surface area (Å²) in [6.07, 6.45) is 4.49. The van der Waals surface area contributed by atoms with Crippen LogP contribution in [0.5, 0.6) is 11.6 Å². The summed E-state index contributed by atoms with van der Waals surface area (Å²) in [4.78, 5) is 13.6. The number of ether oxygens (including phenoxy) is 1. The fourth-order valence-electron chi connectivity index (χ4n) is 4.80. The number of thiazole rings is 1. The van der Waals surface area contributed by atoms with E-state index in [1.807, 2.05) is 79.2 Å². The molecule has 0 saturated carbocycles. The van der Waals surface area contributed by atoms with Gasteiger partial charge in [-0.3, -0.25) is 0 Å². The van der Waals surface area contributed by atoms with Crippen molar-refractivity contribution in [1.29, 1.82) is 0 Å². The molecule has 0 fully saturated rings. The highest BCUT2D eigenvalue weighted by Gasteiger charge is 2.19. The summed E-state index contributed by atoms with van der Waals surface area (Å²) in [5.41, 5.74) is 5.87. The largest absolute Gasteiger partial charge is 0.438 e. The molecule has 0 amide bonds. The van der Waals surface area contributed by atoms with Gasteiger partial charge in [-0.15, -0.1) is 21.5 Å². The van der Waals surface area contributed by atoms with Crippen LogP contribution in [0.2, 0.25) is 0 Å². The molecule has 5 heterocycles. The molecule has 0 atom stereocenters. The Morgan fingerprint density at radius 3 is 2.59 bits per heavy atom. The quantitative estimate of drug-likeness (QED) is 0.237. The highest BCUT2D eigenvalue weighted by atomic mass is 32.1. The molecule has 0 radical (unpaired) electrons. The van der Waals surface area contributed by atoms with E-state index in [-0.39, 0.29) is 0 Å². The predicted molar refractivity (Wildman–Crippen MR) is 155 cm³/mol. The Kier molecular flexibility index (Phi) is 5.82. The van der Waals surface area contributed by atoms with Crippen molar-refractivity contribution in [3.05, 3.63) is 95.8 Å². The van der Waals surface area contributed by atoms with Gasteiger partial charge in [0.2, 0.25) is 5.88 Å². The third kappa shape index (κ3) is 4.42. The highest BCUT2D eigenvalue weighted by Crippen LogP contribution is 2.37.